The lowest BCUT2D eigenvalue weighted by molar-refractivity contribution is 0.111. The lowest BCUT2D eigenvalue weighted by Crippen LogP contribution is -2.16. The van der Waals surface area contributed by atoms with Crippen LogP contribution < -0.4 is 5.73 Å². The molecule has 3 N–H and O–H groups in total. The number of aromatic nitrogens is 2. The van der Waals surface area contributed by atoms with Crippen molar-refractivity contribution in [2.24, 2.45) is 0 Å². The Hall–Kier alpha value is -1.85. The molecule has 1 aliphatic heterocycles. The summed E-state index contributed by atoms with van der Waals surface area (Å²) in [5.41, 5.74) is 8.85. The molecular weight excluding hydrogens is 266 g/mol. The number of fused-ring (bicyclic) bond motifs is 1. The number of nitrogens with two attached hydrogens (primary N) is 1. The van der Waals surface area contributed by atoms with Gasteiger partial charge in [-0.3, -0.25) is 0 Å². The topological polar surface area (TPSA) is 81.3 Å². The van der Waals surface area contributed by atoms with Gasteiger partial charge in [0.2, 0.25) is 0 Å². The minimum atomic E-state index is 0.0688. The molecular formula is C13H12ClN3O2. The van der Waals surface area contributed by atoms with Crippen LogP contribution in [0.5, 0.6) is 5.75 Å². The predicted octanol–water partition coefficient (Wildman–Crippen LogP) is 2.16. The van der Waals surface area contributed by atoms with E-state index in [2.05, 4.69) is 10.2 Å². The van der Waals surface area contributed by atoms with Crippen molar-refractivity contribution in [2.75, 3.05) is 12.3 Å². The summed E-state index contributed by atoms with van der Waals surface area (Å²) in [6.07, 6.45) is 0.706. The van der Waals surface area contributed by atoms with Crippen molar-refractivity contribution in [3.63, 3.8) is 0 Å². The van der Waals surface area contributed by atoms with Crippen LogP contribution in [0, 0.1) is 0 Å². The van der Waals surface area contributed by atoms with Gasteiger partial charge in [0, 0.05) is 21.7 Å². The number of benzene rings is 1. The fraction of sp³-hybridized carbons (Fsp3) is 0.231. The van der Waals surface area contributed by atoms with Gasteiger partial charge >= 0.3 is 0 Å². The van der Waals surface area contributed by atoms with E-state index in [1.54, 1.807) is 12.1 Å². The van der Waals surface area contributed by atoms with E-state index >= 15 is 0 Å². The number of anilines is 1. The fourth-order valence-corrected chi connectivity index (χ4v) is 2.39. The maximum atomic E-state index is 9.99. The van der Waals surface area contributed by atoms with E-state index in [4.69, 9.17) is 22.1 Å². The molecule has 0 unspecified atom stereocenters. The third-order valence-corrected chi connectivity index (χ3v) is 3.41. The Balaban J connectivity index is 2.20. The molecule has 98 valence electrons. The average molecular weight is 278 g/mol. The second kappa shape index (κ2) is 4.68. The quantitative estimate of drug-likeness (QED) is 0.835. The van der Waals surface area contributed by atoms with Crippen LogP contribution in [0.1, 0.15) is 11.1 Å². The molecule has 2 heterocycles. The van der Waals surface area contributed by atoms with Gasteiger partial charge in [0.05, 0.1) is 13.2 Å². The highest BCUT2D eigenvalue weighted by atomic mass is 35.5. The number of halogens is 1. The first kappa shape index (κ1) is 12.2. The molecule has 1 aliphatic rings. The summed E-state index contributed by atoms with van der Waals surface area (Å²) in [6.45, 7) is 1.04. The predicted molar refractivity (Wildman–Crippen MR) is 71.9 cm³/mol. The van der Waals surface area contributed by atoms with Gasteiger partial charge in [-0.05, 0) is 24.6 Å². The molecule has 0 aliphatic carbocycles. The molecule has 1 aromatic heterocycles. The summed E-state index contributed by atoms with van der Waals surface area (Å²) >= 11 is 5.83. The van der Waals surface area contributed by atoms with Crippen molar-refractivity contribution in [1.29, 1.82) is 0 Å². The molecule has 0 saturated heterocycles. The zero-order valence-electron chi connectivity index (χ0n) is 10.1. The Morgan fingerprint density at radius 2 is 2.11 bits per heavy atom. The number of hydrogen-bond acceptors (Lipinski definition) is 5. The third kappa shape index (κ3) is 2.11. The average Bonchev–Trinajstić information content (AvgIpc) is 2.41. The molecule has 0 radical (unpaired) electrons. The standard InChI is InChI=1S/C13H12ClN3O2/c14-7-1-2-9(11(18)5-7)12-10-6-19-4-3-8(10)13(15)17-16-12/h1-2,5,18H,3-4,6H2,(H2,15,17). The van der Waals surface area contributed by atoms with Crippen molar-refractivity contribution >= 4 is 17.4 Å². The molecule has 1 aromatic carbocycles. The zero-order chi connectivity index (χ0) is 13.4. The normalized spacial score (nSPS) is 14.2. The molecule has 6 heteroatoms. The first-order chi connectivity index (χ1) is 9.16. The molecule has 0 saturated carbocycles. The summed E-state index contributed by atoms with van der Waals surface area (Å²) in [4.78, 5) is 0. The van der Waals surface area contributed by atoms with Gasteiger partial charge in [0.15, 0.2) is 0 Å². The molecule has 2 aromatic rings. The van der Waals surface area contributed by atoms with Crippen molar-refractivity contribution in [3.8, 4) is 17.0 Å². The van der Waals surface area contributed by atoms with Crippen LogP contribution in [0.2, 0.25) is 5.02 Å². The fourth-order valence-electron chi connectivity index (χ4n) is 2.23. The molecule has 0 bridgehead atoms. The molecule has 3 rings (SSSR count). The van der Waals surface area contributed by atoms with E-state index in [-0.39, 0.29) is 5.75 Å². The van der Waals surface area contributed by atoms with Crippen molar-refractivity contribution in [3.05, 3.63) is 34.3 Å². The van der Waals surface area contributed by atoms with Crippen LogP contribution in [0.4, 0.5) is 5.82 Å². The zero-order valence-corrected chi connectivity index (χ0v) is 10.8. The van der Waals surface area contributed by atoms with E-state index in [0.717, 1.165) is 11.1 Å². The highest BCUT2D eigenvalue weighted by molar-refractivity contribution is 6.30. The number of nitrogen functional groups attached to an aromatic ring is 1. The van der Waals surface area contributed by atoms with Gasteiger partial charge in [-0.15, -0.1) is 10.2 Å². The van der Waals surface area contributed by atoms with E-state index in [1.165, 1.54) is 6.07 Å². The van der Waals surface area contributed by atoms with Crippen LogP contribution in [0.25, 0.3) is 11.3 Å². The van der Waals surface area contributed by atoms with Gasteiger partial charge in [0.1, 0.15) is 17.3 Å². The lowest BCUT2D eigenvalue weighted by Gasteiger charge is -2.20. The van der Waals surface area contributed by atoms with Gasteiger partial charge < -0.3 is 15.6 Å². The number of phenols is 1. The largest absolute Gasteiger partial charge is 0.507 e. The number of nitrogens with zero attached hydrogens (tertiary/aromatic N) is 2. The van der Waals surface area contributed by atoms with Crippen LogP contribution in [0.15, 0.2) is 18.2 Å². The van der Waals surface area contributed by atoms with Crippen molar-refractivity contribution < 1.29 is 9.84 Å². The Labute approximate surface area is 115 Å². The van der Waals surface area contributed by atoms with Gasteiger partial charge in [0.25, 0.3) is 0 Å². The number of hydrogen-bond donors (Lipinski definition) is 2. The summed E-state index contributed by atoms with van der Waals surface area (Å²) in [7, 11) is 0. The Morgan fingerprint density at radius 3 is 2.89 bits per heavy atom. The van der Waals surface area contributed by atoms with Crippen molar-refractivity contribution in [2.45, 2.75) is 13.0 Å². The Bertz CT molecular complexity index is 646. The molecule has 0 amide bonds. The van der Waals surface area contributed by atoms with Crippen LogP contribution >= 0.6 is 11.6 Å². The van der Waals surface area contributed by atoms with Gasteiger partial charge in [-0.25, -0.2) is 0 Å². The van der Waals surface area contributed by atoms with E-state index in [9.17, 15) is 5.11 Å². The molecule has 19 heavy (non-hydrogen) atoms. The summed E-state index contributed by atoms with van der Waals surface area (Å²) in [6, 6.07) is 4.89. The monoisotopic (exact) mass is 277 g/mol. The van der Waals surface area contributed by atoms with Crippen molar-refractivity contribution in [1.82, 2.24) is 10.2 Å². The number of rotatable bonds is 1. The smallest absolute Gasteiger partial charge is 0.149 e. The summed E-state index contributed by atoms with van der Waals surface area (Å²) in [5.74, 6) is 0.495. The molecule has 0 fully saturated rings. The maximum Gasteiger partial charge on any atom is 0.149 e. The maximum absolute atomic E-state index is 9.99. The third-order valence-electron chi connectivity index (χ3n) is 3.17. The second-order valence-corrected chi connectivity index (χ2v) is 4.79. The lowest BCUT2D eigenvalue weighted by atomic mass is 9.98. The number of phenolic OH excluding ortho intramolecular Hbond substituents is 1. The van der Waals surface area contributed by atoms with Gasteiger partial charge in [-0.2, -0.15) is 0 Å². The number of aromatic hydroxyl groups is 1. The second-order valence-electron chi connectivity index (χ2n) is 4.36. The van der Waals surface area contributed by atoms with Crippen LogP contribution in [0.3, 0.4) is 0 Å². The molecule has 5 nitrogen and oxygen atoms in total. The SMILES string of the molecule is Nc1nnc(-c2ccc(Cl)cc2O)c2c1CCOC2. The number of ether oxygens (including phenoxy) is 1. The first-order valence-corrected chi connectivity index (χ1v) is 6.25. The minimum absolute atomic E-state index is 0.0688. The van der Waals surface area contributed by atoms with E-state index in [0.29, 0.717) is 41.7 Å². The highest BCUT2D eigenvalue weighted by Gasteiger charge is 2.21. The molecule has 0 atom stereocenters. The van der Waals surface area contributed by atoms with Crippen LogP contribution in [-0.2, 0) is 17.8 Å². The summed E-state index contributed by atoms with van der Waals surface area (Å²) < 4.78 is 5.45. The van der Waals surface area contributed by atoms with Gasteiger partial charge in [-0.1, -0.05) is 11.6 Å². The first-order valence-electron chi connectivity index (χ1n) is 5.87. The minimum Gasteiger partial charge on any atom is -0.507 e. The highest BCUT2D eigenvalue weighted by Crippen LogP contribution is 2.35. The van der Waals surface area contributed by atoms with E-state index in [1.807, 2.05) is 0 Å². The van der Waals surface area contributed by atoms with Crippen LogP contribution in [-0.4, -0.2) is 21.9 Å². The Kier molecular flexibility index (Phi) is 3.00. The summed E-state index contributed by atoms with van der Waals surface area (Å²) in [5, 5.41) is 18.5. The molecule has 0 spiro atoms. The Morgan fingerprint density at radius 1 is 1.26 bits per heavy atom. The van der Waals surface area contributed by atoms with E-state index < -0.39 is 0 Å².